The molecule has 0 aliphatic carbocycles. The van der Waals surface area contributed by atoms with Crippen molar-refractivity contribution in [2.75, 3.05) is 7.11 Å². The molecule has 0 radical (unpaired) electrons. The highest BCUT2D eigenvalue weighted by Gasteiger charge is 2.38. The molecule has 1 aliphatic heterocycles. The lowest BCUT2D eigenvalue weighted by Crippen LogP contribution is -2.48. The summed E-state index contributed by atoms with van der Waals surface area (Å²) in [6.07, 6.45) is 0.0256. The SMILES string of the molecule is COC(=O)C[C@@H]1O[C@H](C)[C@@H](OCc2ccccc2)C[C@H]1OCc1ccccc1. The molecule has 4 atom stereocenters. The highest BCUT2D eigenvalue weighted by Crippen LogP contribution is 2.28. The van der Waals surface area contributed by atoms with Crippen LogP contribution >= 0.6 is 0 Å². The summed E-state index contributed by atoms with van der Waals surface area (Å²) in [4.78, 5) is 11.8. The Morgan fingerprint density at radius 3 is 2.00 bits per heavy atom. The Hall–Kier alpha value is -2.21. The van der Waals surface area contributed by atoms with E-state index in [4.69, 9.17) is 18.9 Å². The van der Waals surface area contributed by atoms with E-state index in [1.54, 1.807) is 0 Å². The van der Waals surface area contributed by atoms with Gasteiger partial charge in [0, 0.05) is 6.42 Å². The third-order valence-corrected chi connectivity index (χ3v) is 5.00. The quantitative estimate of drug-likeness (QED) is 0.646. The molecule has 0 saturated carbocycles. The van der Waals surface area contributed by atoms with Crippen molar-refractivity contribution < 1.29 is 23.7 Å². The Balaban J connectivity index is 1.63. The standard InChI is InChI=1S/C23H28O5/c1-17-20(26-15-18-9-5-3-6-10-18)13-21(22(28-17)14-23(24)25-2)27-16-19-11-7-4-8-12-19/h3-12,17,20-22H,13-16H2,1-2H3/t17-,20+,21-,22+/m1/s1. The van der Waals surface area contributed by atoms with Gasteiger partial charge >= 0.3 is 5.97 Å². The van der Waals surface area contributed by atoms with Crippen LogP contribution in [-0.2, 0) is 37.0 Å². The van der Waals surface area contributed by atoms with Gasteiger partial charge in [0.2, 0.25) is 0 Å². The summed E-state index contributed by atoms with van der Waals surface area (Å²) in [7, 11) is 1.39. The molecule has 0 bridgehead atoms. The van der Waals surface area contributed by atoms with Crippen LogP contribution in [0.25, 0.3) is 0 Å². The Bertz CT molecular complexity index is 718. The van der Waals surface area contributed by atoms with Gasteiger partial charge in [0.05, 0.1) is 51.2 Å². The van der Waals surface area contributed by atoms with Crippen LogP contribution in [0.15, 0.2) is 60.7 Å². The van der Waals surface area contributed by atoms with E-state index < -0.39 is 0 Å². The second-order valence-corrected chi connectivity index (χ2v) is 7.07. The zero-order valence-electron chi connectivity index (χ0n) is 16.5. The van der Waals surface area contributed by atoms with Crippen LogP contribution in [0.5, 0.6) is 0 Å². The molecule has 0 aromatic heterocycles. The van der Waals surface area contributed by atoms with Gasteiger partial charge in [-0.2, -0.15) is 0 Å². The minimum Gasteiger partial charge on any atom is -0.469 e. The van der Waals surface area contributed by atoms with Crippen molar-refractivity contribution in [3.8, 4) is 0 Å². The third kappa shape index (κ3) is 5.89. The van der Waals surface area contributed by atoms with Gasteiger partial charge in [-0.25, -0.2) is 0 Å². The van der Waals surface area contributed by atoms with Crippen molar-refractivity contribution in [2.24, 2.45) is 0 Å². The minimum absolute atomic E-state index is 0.102. The Morgan fingerprint density at radius 2 is 1.46 bits per heavy atom. The fraction of sp³-hybridized carbons (Fsp3) is 0.435. The zero-order chi connectivity index (χ0) is 19.8. The molecule has 2 aromatic rings. The maximum Gasteiger partial charge on any atom is 0.308 e. The van der Waals surface area contributed by atoms with Crippen LogP contribution < -0.4 is 0 Å². The number of esters is 1. The molecule has 3 rings (SSSR count). The van der Waals surface area contributed by atoms with Crippen LogP contribution in [0.4, 0.5) is 0 Å². The van der Waals surface area contributed by atoms with Gasteiger partial charge in [0.25, 0.3) is 0 Å². The molecular formula is C23H28O5. The first kappa shape index (κ1) is 20.5. The average molecular weight is 384 g/mol. The topological polar surface area (TPSA) is 54.0 Å². The second-order valence-electron chi connectivity index (χ2n) is 7.07. The smallest absolute Gasteiger partial charge is 0.308 e. The van der Waals surface area contributed by atoms with Crippen molar-refractivity contribution in [1.29, 1.82) is 0 Å². The molecule has 1 fully saturated rings. The average Bonchev–Trinajstić information content (AvgIpc) is 2.73. The number of ether oxygens (including phenoxy) is 4. The van der Waals surface area contributed by atoms with Crippen molar-refractivity contribution >= 4 is 5.97 Å². The summed E-state index contributed by atoms with van der Waals surface area (Å²) < 4.78 is 23.2. The van der Waals surface area contributed by atoms with Crippen LogP contribution in [-0.4, -0.2) is 37.5 Å². The highest BCUT2D eigenvalue weighted by atomic mass is 16.6. The van der Waals surface area contributed by atoms with E-state index in [-0.39, 0.29) is 36.8 Å². The predicted molar refractivity (Wildman–Crippen MR) is 106 cm³/mol. The highest BCUT2D eigenvalue weighted by molar-refractivity contribution is 5.69. The third-order valence-electron chi connectivity index (χ3n) is 5.00. The fourth-order valence-electron chi connectivity index (χ4n) is 3.38. The van der Waals surface area contributed by atoms with Crippen LogP contribution in [0.2, 0.25) is 0 Å². The van der Waals surface area contributed by atoms with Gasteiger partial charge in [-0.1, -0.05) is 60.7 Å². The summed E-state index contributed by atoms with van der Waals surface area (Å²) in [5.74, 6) is -0.297. The first-order chi connectivity index (χ1) is 13.7. The summed E-state index contributed by atoms with van der Waals surface area (Å²) in [5, 5.41) is 0. The molecule has 1 heterocycles. The second kappa shape index (κ2) is 10.4. The van der Waals surface area contributed by atoms with Gasteiger partial charge in [-0.15, -0.1) is 0 Å². The molecular weight excluding hydrogens is 356 g/mol. The summed E-state index contributed by atoms with van der Waals surface area (Å²) in [6, 6.07) is 20.0. The maximum absolute atomic E-state index is 11.8. The van der Waals surface area contributed by atoms with Crippen LogP contribution in [0.1, 0.15) is 30.9 Å². The first-order valence-corrected chi connectivity index (χ1v) is 9.69. The molecule has 2 aromatic carbocycles. The van der Waals surface area contributed by atoms with E-state index in [1.807, 2.05) is 67.6 Å². The van der Waals surface area contributed by atoms with Gasteiger partial charge in [-0.3, -0.25) is 4.79 Å². The summed E-state index contributed by atoms with van der Waals surface area (Å²) in [6.45, 7) is 2.96. The van der Waals surface area contributed by atoms with E-state index >= 15 is 0 Å². The van der Waals surface area contributed by atoms with Gasteiger partial charge in [0.1, 0.15) is 0 Å². The largest absolute Gasteiger partial charge is 0.469 e. The molecule has 5 heteroatoms. The molecule has 0 spiro atoms. The van der Waals surface area contributed by atoms with E-state index in [9.17, 15) is 4.79 Å². The van der Waals surface area contributed by atoms with Crippen LogP contribution in [0, 0.1) is 0 Å². The normalized spacial score (nSPS) is 24.6. The van der Waals surface area contributed by atoms with Crippen molar-refractivity contribution in [3.05, 3.63) is 71.8 Å². The monoisotopic (exact) mass is 384 g/mol. The summed E-state index contributed by atoms with van der Waals surface area (Å²) in [5.41, 5.74) is 2.20. The number of carbonyl (C=O) groups is 1. The minimum atomic E-state index is -0.345. The first-order valence-electron chi connectivity index (χ1n) is 9.69. The lowest BCUT2D eigenvalue weighted by atomic mass is 9.96. The molecule has 0 N–H and O–H groups in total. The van der Waals surface area contributed by atoms with Crippen molar-refractivity contribution in [3.63, 3.8) is 0 Å². The molecule has 5 nitrogen and oxygen atoms in total. The molecule has 28 heavy (non-hydrogen) atoms. The number of hydrogen-bond donors (Lipinski definition) is 0. The lowest BCUT2D eigenvalue weighted by Gasteiger charge is -2.39. The van der Waals surface area contributed by atoms with E-state index in [1.165, 1.54) is 7.11 Å². The van der Waals surface area contributed by atoms with E-state index in [0.717, 1.165) is 11.1 Å². The maximum atomic E-state index is 11.8. The molecule has 1 saturated heterocycles. The number of carbonyl (C=O) groups excluding carboxylic acids is 1. The Morgan fingerprint density at radius 1 is 0.929 bits per heavy atom. The zero-order valence-corrected chi connectivity index (χ0v) is 16.5. The van der Waals surface area contributed by atoms with Gasteiger partial charge in [-0.05, 0) is 18.1 Å². The fourth-order valence-corrected chi connectivity index (χ4v) is 3.38. The van der Waals surface area contributed by atoms with Crippen molar-refractivity contribution in [1.82, 2.24) is 0 Å². The number of benzene rings is 2. The van der Waals surface area contributed by atoms with E-state index in [0.29, 0.717) is 19.6 Å². The molecule has 0 amide bonds. The Labute approximate surface area is 166 Å². The number of hydrogen-bond acceptors (Lipinski definition) is 5. The Kier molecular flexibility index (Phi) is 7.60. The van der Waals surface area contributed by atoms with Gasteiger partial charge in [0.15, 0.2) is 0 Å². The lowest BCUT2D eigenvalue weighted by molar-refractivity contribution is -0.202. The van der Waals surface area contributed by atoms with Gasteiger partial charge < -0.3 is 18.9 Å². The predicted octanol–water partition coefficient (Wildman–Crippen LogP) is 3.90. The number of methoxy groups -OCH3 is 1. The van der Waals surface area contributed by atoms with E-state index in [2.05, 4.69) is 0 Å². The van der Waals surface area contributed by atoms with Crippen molar-refractivity contribution in [2.45, 2.75) is 57.4 Å². The summed E-state index contributed by atoms with van der Waals surface area (Å²) >= 11 is 0. The molecule has 0 unspecified atom stereocenters. The molecule has 1 aliphatic rings. The molecule has 150 valence electrons. The number of rotatable bonds is 8. The van der Waals surface area contributed by atoms with Crippen LogP contribution in [0.3, 0.4) is 0 Å².